The number of rotatable bonds is 8. The van der Waals surface area contributed by atoms with E-state index in [9.17, 15) is 14.0 Å². The van der Waals surface area contributed by atoms with Crippen LogP contribution < -0.4 is 10.6 Å². The van der Waals surface area contributed by atoms with Crippen molar-refractivity contribution in [3.05, 3.63) is 51.7 Å². The number of hydrogen-bond acceptors (Lipinski definition) is 6. The zero-order valence-corrected chi connectivity index (χ0v) is 19.0. The van der Waals surface area contributed by atoms with Crippen LogP contribution in [0.2, 0.25) is 0 Å². The highest BCUT2D eigenvalue weighted by Gasteiger charge is 2.34. The molecule has 1 aliphatic heterocycles. The molecule has 1 fully saturated rings. The van der Waals surface area contributed by atoms with E-state index in [2.05, 4.69) is 10.6 Å². The first-order valence-corrected chi connectivity index (χ1v) is 11.4. The lowest BCUT2D eigenvalue weighted by Gasteiger charge is -2.38. The van der Waals surface area contributed by atoms with Gasteiger partial charge in [0, 0.05) is 23.6 Å². The molecule has 1 saturated heterocycles. The Balaban J connectivity index is 1.75. The first kappa shape index (κ1) is 23.4. The van der Waals surface area contributed by atoms with Gasteiger partial charge in [0.1, 0.15) is 10.8 Å². The number of nitrogens with one attached hydrogen (secondary N) is 2. The molecule has 0 bridgehead atoms. The lowest BCUT2D eigenvalue weighted by molar-refractivity contribution is -0.116. The number of amides is 1. The van der Waals surface area contributed by atoms with Gasteiger partial charge in [-0.1, -0.05) is 19.1 Å². The molecule has 0 radical (unpaired) electrons. The van der Waals surface area contributed by atoms with E-state index >= 15 is 0 Å². The summed E-state index contributed by atoms with van der Waals surface area (Å²) in [5.41, 5.74) is 1.81. The molecular weight excluding hydrogens is 419 g/mol. The van der Waals surface area contributed by atoms with Crippen LogP contribution in [0.25, 0.3) is 0 Å². The van der Waals surface area contributed by atoms with Crippen LogP contribution >= 0.6 is 11.3 Å². The second kappa shape index (κ2) is 10.3. The number of benzene rings is 1. The molecule has 1 amide bonds. The third-order valence-electron chi connectivity index (χ3n) is 5.63. The minimum Gasteiger partial charge on any atom is -0.462 e. The molecule has 0 saturated carbocycles. The molecule has 1 aromatic carbocycles. The molecule has 168 valence electrons. The van der Waals surface area contributed by atoms with Crippen LogP contribution in [0.5, 0.6) is 0 Å². The fourth-order valence-electron chi connectivity index (χ4n) is 3.99. The van der Waals surface area contributed by atoms with Crippen LogP contribution in [0, 0.1) is 12.7 Å². The predicted molar refractivity (Wildman–Crippen MR) is 119 cm³/mol. The van der Waals surface area contributed by atoms with Crippen molar-refractivity contribution in [3.8, 4) is 0 Å². The van der Waals surface area contributed by atoms with E-state index in [0.29, 0.717) is 43.0 Å². The maximum atomic E-state index is 13.4. The molecule has 1 aliphatic rings. The molecule has 6 nitrogen and oxygen atoms in total. The Labute approximate surface area is 186 Å². The van der Waals surface area contributed by atoms with Gasteiger partial charge in [0.15, 0.2) is 0 Å². The number of aryl methyl sites for hydroxylation is 1. The van der Waals surface area contributed by atoms with E-state index < -0.39 is 11.5 Å². The number of anilines is 1. The number of thiophene rings is 1. The summed E-state index contributed by atoms with van der Waals surface area (Å²) in [7, 11) is 0. The molecule has 3 rings (SSSR count). The molecule has 0 aliphatic carbocycles. The second-order valence-electron chi connectivity index (χ2n) is 7.52. The Morgan fingerprint density at radius 3 is 2.48 bits per heavy atom. The average Bonchev–Trinajstić information content (AvgIpc) is 3.08. The minimum atomic E-state index is -0.465. The quantitative estimate of drug-likeness (QED) is 0.593. The molecule has 2 N–H and O–H groups in total. The Morgan fingerprint density at radius 1 is 1.19 bits per heavy atom. The van der Waals surface area contributed by atoms with Crippen molar-refractivity contribution in [1.82, 2.24) is 5.32 Å². The topological polar surface area (TPSA) is 76.7 Å². The maximum absolute atomic E-state index is 13.4. The van der Waals surface area contributed by atoms with Crippen molar-refractivity contribution >= 4 is 28.2 Å². The standard InChI is InChI=1S/C23H29FN2O4S/c1-4-18-15(3)31-21(20(18)22(28)30-5-2)26-19(27)14-25-23(10-12-29-13-11-23)16-6-8-17(24)9-7-16/h6-9,25H,4-5,10-14H2,1-3H3,(H,26,27). The van der Waals surface area contributed by atoms with Crippen molar-refractivity contribution in [2.75, 3.05) is 31.7 Å². The van der Waals surface area contributed by atoms with Crippen molar-refractivity contribution in [2.45, 2.75) is 45.6 Å². The SMILES string of the molecule is CCOC(=O)c1c(NC(=O)CNC2(c3ccc(F)cc3)CCOCC2)sc(C)c1CC. The highest BCUT2D eigenvalue weighted by Crippen LogP contribution is 2.35. The summed E-state index contributed by atoms with van der Waals surface area (Å²) in [6, 6.07) is 6.36. The summed E-state index contributed by atoms with van der Waals surface area (Å²) in [5, 5.41) is 6.78. The molecule has 2 heterocycles. The third kappa shape index (κ3) is 5.31. The van der Waals surface area contributed by atoms with Gasteiger partial charge in [-0.05, 0) is 56.4 Å². The summed E-state index contributed by atoms with van der Waals surface area (Å²) in [6.07, 6.45) is 2.04. The Hall–Kier alpha value is -2.29. The van der Waals surface area contributed by atoms with Gasteiger partial charge in [0.25, 0.3) is 0 Å². The van der Waals surface area contributed by atoms with Gasteiger partial charge in [-0.25, -0.2) is 9.18 Å². The van der Waals surface area contributed by atoms with Gasteiger partial charge in [-0.2, -0.15) is 0 Å². The first-order valence-electron chi connectivity index (χ1n) is 10.6. The van der Waals surface area contributed by atoms with Gasteiger partial charge in [0.05, 0.1) is 18.7 Å². The molecule has 8 heteroatoms. The monoisotopic (exact) mass is 448 g/mol. The van der Waals surface area contributed by atoms with Crippen LogP contribution in [0.1, 0.15) is 53.1 Å². The van der Waals surface area contributed by atoms with E-state index in [0.717, 1.165) is 16.0 Å². The number of hydrogen-bond donors (Lipinski definition) is 2. The first-order chi connectivity index (χ1) is 14.9. The van der Waals surface area contributed by atoms with Crippen LogP contribution in [0.4, 0.5) is 9.39 Å². The summed E-state index contributed by atoms with van der Waals surface area (Å²) in [4.78, 5) is 26.3. The Morgan fingerprint density at radius 2 is 1.87 bits per heavy atom. The Bertz CT molecular complexity index is 920. The number of halogens is 1. The van der Waals surface area contributed by atoms with Gasteiger partial charge < -0.3 is 14.8 Å². The van der Waals surface area contributed by atoms with E-state index in [1.807, 2.05) is 13.8 Å². The summed E-state index contributed by atoms with van der Waals surface area (Å²) >= 11 is 1.38. The Kier molecular flexibility index (Phi) is 7.80. The van der Waals surface area contributed by atoms with E-state index in [1.165, 1.54) is 23.5 Å². The molecular formula is C23H29FN2O4S. The van der Waals surface area contributed by atoms with Gasteiger partial charge in [0.2, 0.25) is 5.91 Å². The zero-order valence-electron chi connectivity index (χ0n) is 18.2. The molecule has 0 unspecified atom stereocenters. The van der Waals surface area contributed by atoms with Crippen molar-refractivity contribution in [3.63, 3.8) is 0 Å². The predicted octanol–water partition coefficient (Wildman–Crippen LogP) is 4.17. The maximum Gasteiger partial charge on any atom is 0.341 e. The van der Waals surface area contributed by atoms with E-state index in [1.54, 1.807) is 19.1 Å². The fraction of sp³-hybridized carbons (Fsp3) is 0.478. The summed E-state index contributed by atoms with van der Waals surface area (Å²) in [6.45, 7) is 7.11. The van der Waals surface area contributed by atoms with E-state index in [-0.39, 0.29) is 24.9 Å². The van der Waals surface area contributed by atoms with Crippen LogP contribution in [-0.2, 0) is 26.2 Å². The smallest absolute Gasteiger partial charge is 0.341 e. The minimum absolute atomic E-state index is 0.0536. The van der Waals surface area contributed by atoms with E-state index in [4.69, 9.17) is 9.47 Å². The summed E-state index contributed by atoms with van der Waals surface area (Å²) in [5.74, 6) is -0.961. The van der Waals surface area contributed by atoms with Crippen molar-refractivity contribution < 1.29 is 23.5 Å². The molecule has 1 aromatic heterocycles. The largest absolute Gasteiger partial charge is 0.462 e. The average molecular weight is 449 g/mol. The summed E-state index contributed by atoms with van der Waals surface area (Å²) < 4.78 is 24.1. The number of carbonyl (C=O) groups is 2. The second-order valence-corrected chi connectivity index (χ2v) is 8.74. The van der Waals surface area contributed by atoms with Crippen LogP contribution in [0.15, 0.2) is 24.3 Å². The fourth-order valence-corrected chi connectivity index (χ4v) is 5.14. The lowest BCUT2D eigenvalue weighted by atomic mass is 9.82. The van der Waals surface area contributed by atoms with Crippen LogP contribution in [0.3, 0.4) is 0 Å². The molecule has 31 heavy (non-hydrogen) atoms. The molecule has 2 aromatic rings. The van der Waals surface area contributed by atoms with Crippen LogP contribution in [-0.4, -0.2) is 38.2 Å². The third-order valence-corrected chi connectivity index (χ3v) is 6.69. The molecule has 0 atom stereocenters. The lowest BCUT2D eigenvalue weighted by Crippen LogP contribution is -2.49. The highest BCUT2D eigenvalue weighted by molar-refractivity contribution is 7.16. The van der Waals surface area contributed by atoms with Gasteiger partial charge >= 0.3 is 5.97 Å². The van der Waals surface area contributed by atoms with Gasteiger partial charge in [-0.3, -0.25) is 10.1 Å². The zero-order chi connectivity index (χ0) is 22.4. The van der Waals surface area contributed by atoms with Crippen molar-refractivity contribution in [2.24, 2.45) is 0 Å². The molecule has 0 spiro atoms. The highest BCUT2D eigenvalue weighted by atomic mass is 32.1. The number of esters is 1. The number of ether oxygens (including phenoxy) is 2. The van der Waals surface area contributed by atoms with Gasteiger partial charge in [-0.15, -0.1) is 11.3 Å². The number of carbonyl (C=O) groups excluding carboxylic acids is 2. The van der Waals surface area contributed by atoms with Crippen molar-refractivity contribution in [1.29, 1.82) is 0 Å². The normalized spacial score (nSPS) is 15.5.